The smallest absolute Gasteiger partial charge is 0.318 e. The molecule has 0 atom stereocenters. The fraction of sp³-hybridized carbons (Fsp3) is 0.286. The summed E-state index contributed by atoms with van der Waals surface area (Å²) in [5.74, 6) is -0.624. The van der Waals surface area contributed by atoms with Crippen molar-refractivity contribution in [3.63, 3.8) is 0 Å². The molecule has 1 rings (SSSR count). The van der Waals surface area contributed by atoms with E-state index in [1.165, 1.54) is 12.3 Å². The Kier molecular flexibility index (Phi) is 3.10. The van der Waals surface area contributed by atoms with E-state index < -0.39 is 17.3 Å². The Morgan fingerprint density at radius 2 is 2.36 bits per heavy atom. The molecule has 0 aliphatic carbocycles. The minimum absolute atomic E-state index is 0.152. The van der Waals surface area contributed by atoms with Crippen LogP contribution in [-0.2, 0) is 0 Å². The van der Waals surface area contributed by atoms with Gasteiger partial charge in [0.1, 0.15) is 5.69 Å². The number of H-pyrrole nitrogens is 1. The first-order valence-corrected chi connectivity index (χ1v) is 4.46. The molecule has 0 aliphatic rings. The van der Waals surface area contributed by atoms with Crippen LogP contribution in [0.4, 0.5) is 14.5 Å². The monoisotopic (exact) mass is 267 g/mol. The molecule has 4 nitrogen and oxygen atoms in total. The standard InChI is InChI=1S/C7H8BrF2N3O/c8-7(9,10)3-13-6(14)5-1-4(11)2-12-5/h1-2,12H,3,11H2,(H,13,14). The van der Waals surface area contributed by atoms with Crippen molar-refractivity contribution in [3.8, 4) is 0 Å². The number of alkyl halides is 3. The molecular formula is C7H8BrF2N3O. The van der Waals surface area contributed by atoms with Gasteiger partial charge in [-0.25, -0.2) is 0 Å². The maximum atomic E-state index is 12.3. The number of nitrogens with one attached hydrogen (secondary N) is 2. The number of carbonyl (C=O) groups excluding carboxylic acids is 1. The minimum atomic E-state index is -3.10. The van der Waals surface area contributed by atoms with E-state index in [4.69, 9.17) is 5.73 Å². The molecule has 0 radical (unpaired) electrons. The predicted octanol–water partition coefficient (Wildman–Crippen LogP) is 1.31. The first-order valence-electron chi connectivity index (χ1n) is 3.67. The van der Waals surface area contributed by atoms with Crippen molar-refractivity contribution in [1.29, 1.82) is 0 Å². The number of aromatic amines is 1. The zero-order valence-electron chi connectivity index (χ0n) is 6.98. The Labute approximate surface area is 87.0 Å². The van der Waals surface area contributed by atoms with Gasteiger partial charge in [0.25, 0.3) is 5.91 Å². The molecule has 1 aromatic rings. The molecule has 0 aromatic carbocycles. The summed E-state index contributed by atoms with van der Waals surface area (Å²) < 4.78 is 24.5. The number of hydrogen-bond acceptors (Lipinski definition) is 2. The van der Waals surface area contributed by atoms with Gasteiger partial charge in [-0.2, -0.15) is 8.78 Å². The predicted molar refractivity (Wildman–Crippen MR) is 51.4 cm³/mol. The summed E-state index contributed by atoms with van der Waals surface area (Å²) in [6, 6.07) is 1.36. The van der Waals surface area contributed by atoms with E-state index in [1.54, 1.807) is 0 Å². The Morgan fingerprint density at radius 3 is 2.79 bits per heavy atom. The molecular weight excluding hydrogens is 260 g/mol. The highest BCUT2D eigenvalue weighted by Crippen LogP contribution is 2.19. The van der Waals surface area contributed by atoms with Crippen LogP contribution in [-0.4, -0.2) is 22.3 Å². The first kappa shape index (κ1) is 11.0. The van der Waals surface area contributed by atoms with E-state index in [0.29, 0.717) is 5.69 Å². The summed E-state index contributed by atoms with van der Waals surface area (Å²) in [6.07, 6.45) is 1.40. The molecule has 0 bridgehead atoms. The lowest BCUT2D eigenvalue weighted by Gasteiger charge is -2.08. The molecule has 4 N–H and O–H groups in total. The van der Waals surface area contributed by atoms with Crippen molar-refractivity contribution in [2.24, 2.45) is 0 Å². The molecule has 0 aliphatic heterocycles. The van der Waals surface area contributed by atoms with Crippen LogP contribution < -0.4 is 11.1 Å². The topological polar surface area (TPSA) is 70.9 Å². The zero-order chi connectivity index (χ0) is 10.8. The number of amides is 1. The summed E-state index contributed by atoms with van der Waals surface area (Å²) in [7, 11) is 0. The molecule has 7 heteroatoms. The fourth-order valence-corrected chi connectivity index (χ4v) is 0.958. The molecule has 0 saturated carbocycles. The second kappa shape index (κ2) is 3.95. The number of halogens is 3. The number of carbonyl (C=O) groups is 1. The van der Waals surface area contributed by atoms with Gasteiger partial charge >= 0.3 is 4.83 Å². The number of hydrogen-bond donors (Lipinski definition) is 3. The first-order chi connectivity index (χ1) is 6.38. The highest BCUT2D eigenvalue weighted by molar-refractivity contribution is 9.10. The van der Waals surface area contributed by atoms with E-state index in [1.807, 2.05) is 5.32 Å². The van der Waals surface area contributed by atoms with Gasteiger partial charge in [-0.1, -0.05) is 0 Å². The van der Waals surface area contributed by atoms with Crippen LogP contribution in [0.15, 0.2) is 12.3 Å². The van der Waals surface area contributed by atoms with Crippen molar-refractivity contribution < 1.29 is 13.6 Å². The van der Waals surface area contributed by atoms with Gasteiger partial charge in [0.2, 0.25) is 0 Å². The van der Waals surface area contributed by atoms with E-state index in [2.05, 4.69) is 20.9 Å². The highest BCUT2D eigenvalue weighted by Gasteiger charge is 2.24. The van der Waals surface area contributed by atoms with Crippen molar-refractivity contribution in [3.05, 3.63) is 18.0 Å². The molecule has 78 valence electrons. The Morgan fingerprint density at radius 1 is 1.71 bits per heavy atom. The van der Waals surface area contributed by atoms with E-state index in [0.717, 1.165) is 0 Å². The van der Waals surface area contributed by atoms with Crippen molar-refractivity contribution in [1.82, 2.24) is 10.3 Å². The van der Waals surface area contributed by atoms with Crippen LogP contribution in [0.2, 0.25) is 0 Å². The van der Waals surface area contributed by atoms with Gasteiger partial charge < -0.3 is 16.0 Å². The van der Waals surface area contributed by atoms with Crippen LogP contribution in [0, 0.1) is 0 Å². The van der Waals surface area contributed by atoms with Crippen LogP contribution in [0.3, 0.4) is 0 Å². The lowest BCUT2D eigenvalue weighted by molar-refractivity contribution is 0.0832. The molecule has 0 spiro atoms. The van der Waals surface area contributed by atoms with Gasteiger partial charge in [0, 0.05) is 11.9 Å². The quantitative estimate of drug-likeness (QED) is 0.723. The molecule has 1 heterocycles. The summed E-state index contributed by atoms with van der Waals surface area (Å²) in [4.78, 5) is 10.6. The maximum Gasteiger partial charge on any atom is 0.318 e. The summed E-state index contributed by atoms with van der Waals surface area (Å²) >= 11 is 2.10. The molecule has 0 saturated heterocycles. The number of nitrogen functional groups attached to an aromatic ring is 1. The average molecular weight is 268 g/mol. The molecule has 0 unspecified atom stereocenters. The molecule has 0 fully saturated rings. The minimum Gasteiger partial charge on any atom is -0.397 e. The van der Waals surface area contributed by atoms with Gasteiger partial charge in [0.05, 0.1) is 6.54 Å². The third kappa shape index (κ3) is 3.33. The van der Waals surface area contributed by atoms with Crippen molar-refractivity contribution in [2.45, 2.75) is 4.83 Å². The lowest BCUT2D eigenvalue weighted by Crippen LogP contribution is -2.32. The third-order valence-electron chi connectivity index (χ3n) is 1.40. The summed E-state index contributed by atoms with van der Waals surface area (Å²) in [6.45, 7) is -0.773. The Hall–Kier alpha value is -1.11. The van der Waals surface area contributed by atoms with E-state index >= 15 is 0 Å². The number of anilines is 1. The molecule has 14 heavy (non-hydrogen) atoms. The normalized spacial score (nSPS) is 11.4. The van der Waals surface area contributed by atoms with E-state index in [9.17, 15) is 13.6 Å². The van der Waals surface area contributed by atoms with E-state index in [-0.39, 0.29) is 5.69 Å². The van der Waals surface area contributed by atoms with Crippen LogP contribution in [0.5, 0.6) is 0 Å². The molecule has 1 amide bonds. The van der Waals surface area contributed by atoms with Crippen molar-refractivity contribution in [2.75, 3.05) is 12.3 Å². The average Bonchev–Trinajstić information content (AvgIpc) is 2.46. The second-order valence-corrected chi connectivity index (χ2v) is 3.80. The van der Waals surface area contributed by atoms with Gasteiger partial charge in [-0.15, -0.1) is 0 Å². The second-order valence-electron chi connectivity index (χ2n) is 2.64. The summed E-state index contributed by atoms with van der Waals surface area (Å²) in [5.41, 5.74) is 5.86. The Bertz CT molecular complexity index is 334. The molecule has 1 aromatic heterocycles. The maximum absolute atomic E-state index is 12.3. The lowest BCUT2D eigenvalue weighted by atomic mass is 10.4. The highest BCUT2D eigenvalue weighted by atomic mass is 79.9. The zero-order valence-corrected chi connectivity index (χ0v) is 8.57. The summed E-state index contributed by atoms with van der Waals surface area (Å²) in [5, 5.41) is 2.03. The number of aromatic nitrogens is 1. The van der Waals surface area contributed by atoms with Gasteiger partial charge in [-0.05, 0) is 22.0 Å². The fourth-order valence-electron chi connectivity index (χ4n) is 0.818. The van der Waals surface area contributed by atoms with Gasteiger partial charge in [-0.3, -0.25) is 4.79 Å². The number of rotatable bonds is 3. The van der Waals surface area contributed by atoms with Crippen LogP contribution in [0.1, 0.15) is 10.5 Å². The van der Waals surface area contributed by atoms with Crippen LogP contribution in [0.25, 0.3) is 0 Å². The Balaban J connectivity index is 2.52. The SMILES string of the molecule is Nc1c[nH]c(C(=O)NCC(F)(F)Br)c1. The third-order valence-corrected chi connectivity index (χ3v) is 1.68. The number of nitrogens with two attached hydrogens (primary N) is 1. The van der Waals surface area contributed by atoms with Crippen molar-refractivity contribution >= 4 is 27.5 Å². The van der Waals surface area contributed by atoms with Gasteiger partial charge in [0.15, 0.2) is 0 Å². The largest absolute Gasteiger partial charge is 0.397 e. The van der Waals surface area contributed by atoms with Crippen LogP contribution >= 0.6 is 15.9 Å².